The summed E-state index contributed by atoms with van der Waals surface area (Å²) in [6.07, 6.45) is 5.13. The lowest BCUT2D eigenvalue weighted by atomic mass is 9.92. The van der Waals surface area contributed by atoms with Gasteiger partial charge in [0.2, 0.25) is 0 Å². The first kappa shape index (κ1) is 15.5. The first-order valence-corrected chi connectivity index (χ1v) is 7.37. The lowest BCUT2D eigenvalue weighted by molar-refractivity contribution is 0.0930. The lowest BCUT2D eigenvalue weighted by Gasteiger charge is -2.17. The van der Waals surface area contributed by atoms with Gasteiger partial charge in [-0.1, -0.05) is 25.7 Å². The summed E-state index contributed by atoms with van der Waals surface area (Å²) in [5.41, 5.74) is 1.28. The fourth-order valence-electron chi connectivity index (χ4n) is 2.71. The molecular weight excluding hydrogens is 264 g/mol. The van der Waals surface area contributed by atoms with Crippen LogP contribution in [0.3, 0.4) is 0 Å². The van der Waals surface area contributed by atoms with Crippen LogP contribution in [-0.4, -0.2) is 28.6 Å². The number of aliphatic hydroxyl groups excluding tert-OH is 1. The van der Waals surface area contributed by atoms with Gasteiger partial charge in [0.15, 0.2) is 0 Å². The highest BCUT2D eigenvalue weighted by atomic mass is 16.2. The van der Waals surface area contributed by atoms with Gasteiger partial charge in [-0.3, -0.25) is 4.79 Å². The van der Waals surface area contributed by atoms with Crippen molar-refractivity contribution in [3.05, 3.63) is 29.6 Å². The maximum Gasteiger partial charge on any atom is 0.271 e. The SMILES string of the molecule is CC1(C)CCC(NC(=O)c2ncccc2C#CCCO)C1. The number of amides is 1. The van der Waals surface area contributed by atoms with Crippen molar-refractivity contribution in [2.75, 3.05) is 6.61 Å². The summed E-state index contributed by atoms with van der Waals surface area (Å²) < 4.78 is 0. The monoisotopic (exact) mass is 286 g/mol. The standard InChI is InChI=1S/C17H22N2O2/c1-17(2)9-8-14(12-17)19-16(21)15-13(6-3-4-11-20)7-5-10-18-15/h5,7,10,14,20H,4,8-9,11-12H2,1-2H3,(H,19,21). The second-order valence-electron chi connectivity index (χ2n) is 6.25. The van der Waals surface area contributed by atoms with Crippen molar-refractivity contribution in [1.29, 1.82) is 0 Å². The smallest absolute Gasteiger partial charge is 0.271 e. The first-order chi connectivity index (χ1) is 10.0. The highest BCUT2D eigenvalue weighted by Gasteiger charge is 2.32. The van der Waals surface area contributed by atoms with E-state index in [-0.39, 0.29) is 18.6 Å². The van der Waals surface area contributed by atoms with Crippen LogP contribution in [0.15, 0.2) is 18.3 Å². The average molecular weight is 286 g/mol. The molecule has 0 saturated heterocycles. The Bertz CT molecular complexity index is 570. The van der Waals surface area contributed by atoms with Crippen molar-refractivity contribution in [3.63, 3.8) is 0 Å². The van der Waals surface area contributed by atoms with Gasteiger partial charge in [0.05, 0.1) is 12.2 Å². The minimum atomic E-state index is -0.161. The van der Waals surface area contributed by atoms with E-state index in [1.165, 1.54) is 0 Å². The van der Waals surface area contributed by atoms with E-state index in [0.29, 0.717) is 23.1 Å². The lowest BCUT2D eigenvalue weighted by Crippen LogP contribution is -2.34. The van der Waals surface area contributed by atoms with Crippen molar-refractivity contribution in [1.82, 2.24) is 10.3 Å². The number of pyridine rings is 1. The summed E-state index contributed by atoms with van der Waals surface area (Å²) >= 11 is 0. The Hall–Kier alpha value is -1.86. The fourth-order valence-corrected chi connectivity index (χ4v) is 2.71. The molecule has 1 aliphatic carbocycles. The molecule has 0 radical (unpaired) electrons. The van der Waals surface area contributed by atoms with Crippen molar-refractivity contribution in [2.24, 2.45) is 5.41 Å². The van der Waals surface area contributed by atoms with E-state index in [4.69, 9.17) is 5.11 Å². The number of hydrogen-bond acceptors (Lipinski definition) is 3. The van der Waals surface area contributed by atoms with Gasteiger partial charge < -0.3 is 10.4 Å². The molecule has 2 rings (SSSR count). The normalized spacial score (nSPS) is 19.7. The minimum Gasteiger partial charge on any atom is -0.395 e. The molecule has 0 aliphatic heterocycles. The number of carbonyl (C=O) groups excluding carboxylic acids is 1. The van der Waals surface area contributed by atoms with E-state index in [1.54, 1.807) is 18.3 Å². The van der Waals surface area contributed by atoms with E-state index < -0.39 is 0 Å². The van der Waals surface area contributed by atoms with Crippen LogP contribution < -0.4 is 5.32 Å². The van der Waals surface area contributed by atoms with Gasteiger partial charge in [-0.2, -0.15) is 0 Å². The number of hydrogen-bond donors (Lipinski definition) is 2. The van der Waals surface area contributed by atoms with Crippen LogP contribution in [0.2, 0.25) is 0 Å². The molecule has 2 N–H and O–H groups in total. The van der Waals surface area contributed by atoms with E-state index in [0.717, 1.165) is 19.3 Å². The second kappa shape index (κ2) is 6.73. The molecule has 0 bridgehead atoms. The van der Waals surface area contributed by atoms with E-state index >= 15 is 0 Å². The average Bonchev–Trinajstić information content (AvgIpc) is 2.78. The zero-order valence-electron chi connectivity index (χ0n) is 12.6. The largest absolute Gasteiger partial charge is 0.395 e. The zero-order chi connectivity index (χ0) is 15.3. The topological polar surface area (TPSA) is 62.2 Å². The summed E-state index contributed by atoms with van der Waals surface area (Å²) in [7, 11) is 0. The molecule has 1 aliphatic rings. The number of rotatable bonds is 3. The predicted octanol–water partition coefficient (Wildman–Crippen LogP) is 2.12. The van der Waals surface area contributed by atoms with Crippen molar-refractivity contribution < 1.29 is 9.90 Å². The molecule has 1 aromatic rings. The zero-order valence-corrected chi connectivity index (χ0v) is 12.6. The molecule has 1 saturated carbocycles. The molecule has 1 amide bonds. The number of nitrogens with zero attached hydrogens (tertiary/aromatic N) is 1. The maximum atomic E-state index is 12.4. The molecule has 1 atom stereocenters. The summed E-state index contributed by atoms with van der Waals surface area (Å²) in [6.45, 7) is 4.48. The van der Waals surface area contributed by atoms with Gasteiger partial charge in [0.1, 0.15) is 5.69 Å². The highest BCUT2D eigenvalue weighted by molar-refractivity contribution is 5.94. The molecule has 0 aromatic carbocycles. The van der Waals surface area contributed by atoms with Gasteiger partial charge in [0, 0.05) is 18.7 Å². The molecule has 1 unspecified atom stereocenters. The molecule has 4 heteroatoms. The third kappa shape index (κ3) is 4.30. The highest BCUT2D eigenvalue weighted by Crippen LogP contribution is 2.36. The Morgan fingerprint density at radius 3 is 3.05 bits per heavy atom. The molecule has 1 fully saturated rings. The molecule has 1 aromatic heterocycles. The molecule has 0 spiro atoms. The van der Waals surface area contributed by atoms with E-state index in [9.17, 15) is 4.79 Å². The molecule has 1 heterocycles. The Kier molecular flexibility index (Phi) is 4.98. The minimum absolute atomic E-state index is 0.0198. The maximum absolute atomic E-state index is 12.4. The van der Waals surface area contributed by atoms with Gasteiger partial charge in [-0.05, 0) is 36.8 Å². The summed E-state index contributed by atoms with van der Waals surface area (Å²) in [5.74, 6) is 5.58. The number of nitrogens with one attached hydrogen (secondary N) is 1. The Morgan fingerprint density at radius 2 is 2.38 bits per heavy atom. The van der Waals surface area contributed by atoms with E-state index in [1.807, 2.05) is 0 Å². The van der Waals surface area contributed by atoms with Crippen molar-refractivity contribution in [2.45, 2.75) is 45.6 Å². The van der Waals surface area contributed by atoms with Crippen molar-refractivity contribution >= 4 is 5.91 Å². The fraction of sp³-hybridized carbons (Fsp3) is 0.529. The summed E-state index contributed by atoms with van der Waals surface area (Å²) in [5, 5.41) is 11.8. The first-order valence-electron chi connectivity index (χ1n) is 7.37. The number of aromatic nitrogens is 1. The van der Waals surface area contributed by atoms with Crippen LogP contribution in [0.5, 0.6) is 0 Å². The number of aliphatic hydroxyl groups is 1. The Morgan fingerprint density at radius 1 is 1.57 bits per heavy atom. The van der Waals surface area contributed by atoms with Crippen LogP contribution in [-0.2, 0) is 0 Å². The third-order valence-corrected chi connectivity index (χ3v) is 3.79. The third-order valence-electron chi connectivity index (χ3n) is 3.79. The van der Waals surface area contributed by atoms with Gasteiger partial charge in [0.25, 0.3) is 5.91 Å². The molecule has 112 valence electrons. The van der Waals surface area contributed by atoms with Gasteiger partial charge in [-0.15, -0.1) is 0 Å². The molecular formula is C17H22N2O2. The van der Waals surface area contributed by atoms with Crippen LogP contribution >= 0.6 is 0 Å². The summed E-state index contributed by atoms with van der Waals surface area (Å²) in [6, 6.07) is 3.76. The van der Waals surface area contributed by atoms with Crippen LogP contribution in [0.1, 0.15) is 55.6 Å². The second-order valence-corrected chi connectivity index (χ2v) is 6.25. The predicted molar refractivity (Wildman–Crippen MR) is 81.7 cm³/mol. The van der Waals surface area contributed by atoms with E-state index in [2.05, 4.69) is 36.0 Å². The Labute approximate surface area is 126 Å². The summed E-state index contributed by atoms with van der Waals surface area (Å²) in [4.78, 5) is 16.5. The molecule has 21 heavy (non-hydrogen) atoms. The van der Waals surface area contributed by atoms with Gasteiger partial charge >= 0.3 is 0 Å². The van der Waals surface area contributed by atoms with Crippen LogP contribution in [0.25, 0.3) is 0 Å². The number of carbonyl (C=O) groups is 1. The molecule has 4 nitrogen and oxygen atoms in total. The van der Waals surface area contributed by atoms with Crippen LogP contribution in [0.4, 0.5) is 0 Å². The van der Waals surface area contributed by atoms with Crippen molar-refractivity contribution in [3.8, 4) is 11.8 Å². The quantitative estimate of drug-likeness (QED) is 0.837. The van der Waals surface area contributed by atoms with Gasteiger partial charge in [-0.25, -0.2) is 4.98 Å². The Balaban J connectivity index is 2.08. The van der Waals surface area contributed by atoms with Crippen LogP contribution in [0, 0.1) is 17.3 Å².